The van der Waals surface area contributed by atoms with Gasteiger partial charge < -0.3 is 16.0 Å². The highest BCUT2D eigenvalue weighted by atomic mass is 32.1. The van der Waals surface area contributed by atoms with Crippen LogP contribution in [0.5, 0.6) is 0 Å². The first-order valence-corrected chi connectivity index (χ1v) is 6.51. The molecule has 0 saturated carbocycles. The van der Waals surface area contributed by atoms with Crippen LogP contribution >= 0.6 is 12.2 Å². The van der Waals surface area contributed by atoms with E-state index in [9.17, 15) is 9.59 Å². The van der Waals surface area contributed by atoms with Crippen molar-refractivity contribution < 1.29 is 9.59 Å². The summed E-state index contributed by atoms with van der Waals surface area (Å²) in [5, 5.41) is 2.76. The molecule has 18 heavy (non-hydrogen) atoms. The molecule has 0 heterocycles. The fraction of sp³-hybridized carbons (Fsp3) is 0.750. The number of hydrogen-bond donors (Lipinski definition) is 2. The summed E-state index contributed by atoms with van der Waals surface area (Å²) in [6.45, 7) is 6.50. The van der Waals surface area contributed by atoms with Gasteiger partial charge in [0, 0.05) is 13.6 Å². The molecule has 1 atom stereocenters. The largest absolute Gasteiger partial charge is 0.393 e. The Morgan fingerprint density at radius 3 is 2.33 bits per heavy atom. The van der Waals surface area contributed by atoms with Gasteiger partial charge in [0.05, 0.1) is 17.5 Å². The van der Waals surface area contributed by atoms with Crippen molar-refractivity contribution in [2.45, 2.75) is 27.2 Å². The fourth-order valence-electron chi connectivity index (χ4n) is 1.43. The van der Waals surface area contributed by atoms with Crippen LogP contribution in [0.25, 0.3) is 0 Å². The van der Waals surface area contributed by atoms with Crippen LogP contribution < -0.4 is 11.1 Å². The van der Waals surface area contributed by atoms with Gasteiger partial charge in [-0.2, -0.15) is 0 Å². The van der Waals surface area contributed by atoms with Gasteiger partial charge in [-0.1, -0.05) is 33.0 Å². The highest BCUT2D eigenvalue weighted by Gasteiger charge is 2.23. The van der Waals surface area contributed by atoms with Crippen LogP contribution in [0.4, 0.5) is 0 Å². The van der Waals surface area contributed by atoms with Gasteiger partial charge in [0.25, 0.3) is 0 Å². The molecular formula is C12H23N3O2S. The van der Waals surface area contributed by atoms with Crippen molar-refractivity contribution in [3.05, 3.63) is 0 Å². The van der Waals surface area contributed by atoms with Crippen LogP contribution in [-0.4, -0.2) is 41.8 Å². The lowest BCUT2D eigenvalue weighted by Gasteiger charge is -2.22. The summed E-state index contributed by atoms with van der Waals surface area (Å²) in [6, 6.07) is 0. The zero-order valence-corrected chi connectivity index (χ0v) is 12.3. The van der Waals surface area contributed by atoms with Crippen molar-refractivity contribution in [3.8, 4) is 0 Å². The average Bonchev–Trinajstić information content (AvgIpc) is 2.26. The van der Waals surface area contributed by atoms with Crippen LogP contribution in [0.1, 0.15) is 27.2 Å². The van der Waals surface area contributed by atoms with Crippen molar-refractivity contribution in [2.75, 3.05) is 20.1 Å². The quantitative estimate of drug-likeness (QED) is 0.664. The van der Waals surface area contributed by atoms with Crippen molar-refractivity contribution in [3.63, 3.8) is 0 Å². The minimum Gasteiger partial charge on any atom is -0.393 e. The third kappa shape index (κ3) is 5.95. The molecule has 104 valence electrons. The molecule has 6 heteroatoms. The van der Waals surface area contributed by atoms with E-state index in [0.29, 0.717) is 18.9 Å². The molecule has 0 aromatic rings. The SMILES string of the molecule is CCC(C(=O)N(C)CC(=O)NCC(C)C)C(N)=S. The zero-order valence-electron chi connectivity index (χ0n) is 11.5. The Hall–Kier alpha value is -1.17. The Balaban J connectivity index is 4.30. The predicted molar refractivity (Wildman–Crippen MR) is 76.1 cm³/mol. The van der Waals surface area contributed by atoms with Crippen molar-refractivity contribution in [2.24, 2.45) is 17.6 Å². The van der Waals surface area contributed by atoms with E-state index in [1.807, 2.05) is 20.8 Å². The standard InChI is InChI=1S/C12H23N3O2S/c1-5-9(11(13)18)12(17)15(4)7-10(16)14-6-8(2)3/h8-9H,5-7H2,1-4H3,(H2,13,18)(H,14,16). The Kier molecular flexibility index (Phi) is 7.50. The van der Waals surface area contributed by atoms with Gasteiger partial charge in [0.2, 0.25) is 11.8 Å². The lowest BCUT2D eigenvalue weighted by molar-refractivity contribution is -0.136. The van der Waals surface area contributed by atoms with Gasteiger partial charge >= 0.3 is 0 Å². The monoisotopic (exact) mass is 273 g/mol. The number of carbonyl (C=O) groups is 2. The highest BCUT2D eigenvalue weighted by Crippen LogP contribution is 2.07. The summed E-state index contributed by atoms with van der Waals surface area (Å²) in [5.41, 5.74) is 5.50. The first-order valence-electron chi connectivity index (χ1n) is 6.10. The molecule has 0 aromatic heterocycles. The van der Waals surface area contributed by atoms with Crippen LogP contribution in [0.3, 0.4) is 0 Å². The first-order chi connectivity index (χ1) is 8.29. The molecule has 0 rings (SSSR count). The smallest absolute Gasteiger partial charge is 0.239 e. The number of carbonyl (C=O) groups excluding carboxylic acids is 2. The average molecular weight is 273 g/mol. The predicted octanol–water partition coefficient (Wildman–Crippen LogP) is 0.529. The highest BCUT2D eigenvalue weighted by molar-refractivity contribution is 7.80. The van der Waals surface area contributed by atoms with Crippen molar-refractivity contribution in [1.82, 2.24) is 10.2 Å². The summed E-state index contributed by atoms with van der Waals surface area (Å²) >= 11 is 4.84. The molecule has 2 amide bonds. The minimum absolute atomic E-state index is 0.0324. The lowest BCUT2D eigenvalue weighted by atomic mass is 10.1. The van der Waals surface area contributed by atoms with Crippen molar-refractivity contribution in [1.29, 1.82) is 0 Å². The van der Waals surface area contributed by atoms with Gasteiger partial charge in [-0.25, -0.2) is 0 Å². The Bertz CT molecular complexity index is 318. The van der Waals surface area contributed by atoms with Gasteiger partial charge in [0.15, 0.2) is 0 Å². The molecular weight excluding hydrogens is 250 g/mol. The molecule has 0 aliphatic rings. The summed E-state index contributed by atoms with van der Waals surface area (Å²) in [7, 11) is 1.58. The number of likely N-dealkylation sites (N-methyl/N-ethyl adjacent to an activating group) is 1. The number of amides is 2. The Morgan fingerprint density at radius 1 is 1.39 bits per heavy atom. The van der Waals surface area contributed by atoms with E-state index in [2.05, 4.69) is 5.32 Å². The number of hydrogen-bond acceptors (Lipinski definition) is 3. The maximum atomic E-state index is 12.0. The van der Waals surface area contributed by atoms with E-state index in [1.54, 1.807) is 7.05 Å². The summed E-state index contributed by atoms with van der Waals surface area (Å²) in [6.07, 6.45) is 0.548. The number of nitrogens with zero attached hydrogens (tertiary/aromatic N) is 1. The lowest BCUT2D eigenvalue weighted by Crippen LogP contribution is -2.44. The Morgan fingerprint density at radius 2 is 1.94 bits per heavy atom. The van der Waals surface area contributed by atoms with E-state index in [1.165, 1.54) is 4.90 Å². The van der Waals surface area contributed by atoms with Gasteiger partial charge in [-0.05, 0) is 12.3 Å². The van der Waals surface area contributed by atoms with Gasteiger partial charge in [-0.3, -0.25) is 9.59 Å². The second kappa shape index (κ2) is 8.02. The van der Waals surface area contributed by atoms with E-state index in [0.717, 1.165) is 0 Å². The number of rotatable bonds is 7. The zero-order chi connectivity index (χ0) is 14.3. The molecule has 0 saturated heterocycles. The molecule has 0 fully saturated rings. The third-order valence-electron chi connectivity index (χ3n) is 2.51. The molecule has 0 aromatic carbocycles. The normalized spacial score (nSPS) is 12.1. The fourth-order valence-corrected chi connectivity index (χ4v) is 1.70. The second-order valence-electron chi connectivity index (χ2n) is 4.76. The molecule has 0 aliphatic heterocycles. The van der Waals surface area contributed by atoms with E-state index >= 15 is 0 Å². The maximum absolute atomic E-state index is 12.0. The molecule has 3 N–H and O–H groups in total. The number of nitrogens with two attached hydrogens (primary N) is 1. The molecule has 1 unspecified atom stereocenters. The third-order valence-corrected chi connectivity index (χ3v) is 2.80. The van der Waals surface area contributed by atoms with Crippen LogP contribution in [-0.2, 0) is 9.59 Å². The van der Waals surface area contributed by atoms with Gasteiger partial charge in [-0.15, -0.1) is 0 Å². The van der Waals surface area contributed by atoms with E-state index < -0.39 is 5.92 Å². The molecule has 0 spiro atoms. The van der Waals surface area contributed by atoms with E-state index in [4.69, 9.17) is 18.0 Å². The van der Waals surface area contributed by atoms with Crippen LogP contribution in [0.15, 0.2) is 0 Å². The minimum atomic E-state index is -0.483. The van der Waals surface area contributed by atoms with Crippen LogP contribution in [0, 0.1) is 11.8 Å². The summed E-state index contributed by atoms with van der Waals surface area (Å²) < 4.78 is 0. The molecule has 0 radical (unpaired) electrons. The maximum Gasteiger partial charge on any atom is 0.239 e. The van der Waals surface area contributed by atoms with E-state index in [-0.39, 0.29) is 23.3 Å². The first kappa shape index (κ1) is 16.8. The Labute approximate surface area is 114 Å². The summed E-state index contributed by atoms with van der Waals surface area (Å²) in [4.78, 5) is 25.1. The molecule has 0 bridgehead atoms. The topological polar surface area (TPSA) is 75.4 Å². The molecule has 0 aliphatic carbocycles. The summed E-state index contributed by atoms with van der Waals surface area (Å²) in [5.74, 6) is -0.472. The van der Waals surface area contributed by atoms with Crippen molar-refractivity contribution >= 4 is 29.0 Å². The van der Waals surface area contributed by atoms with Crippen LogP contribution in [0.2, 0.25) is 0 Å². The van der Waals surface area contributed by atoms with Gasteiger partial charge in [0.1, 0.15) is 0 Å². The second-order valence-corrected chi connectivity index (χ2v) is 5.23. The number of thiocarbonyl (C=S) groups is 1. The number of nitrogens with one attached hydrogen (secondary N) is 1. The molecule has 5 nitrogen and oxygen atoms in total.